The van der Waals surface area contributed by atoms with E-state index >= 15 is 0 Å². The molecule has 0 aromatic carbocycles. The van der Waals surface area contributed by atoms with Crippen LogP contribution >= 0.6 is 0 Å². The van der Waals surface area contributed by atoms with Crippen molar-refractivity contribution in [2.75, 3.05) is 6.54 Å². The van der Waals surface area contributed by atoms with Gasteiger partial charge in [-0.3, -0.25) is 0 Å². The smallest absolute Gasteiger partial charge is 0.0995 e. The second-order valence-corrected chi connectivity index (χ2v) is 2.50. The average Bonchev–Trinajstić information content (AvgIpc) is 1.99. The van der Waals surface area contributed by atoms with E-state index in [1.807, 2.05) is 12.2 Å². The van der Waals surface area contributed by atoms with Gasteiger partial charge in [-0.05, 0) is 13.3 Å². The quantitative estimate of drug-likeness (QED) is 0.441. The third-order valence-corrected chi connectivity index (χ3v) is 1.34. The van der Waals surface area contributed by atoms with Crippen LogP contribution in [0.2, 0.25) is 0 Å². The van der Waals surface area contributed by atoms with Gasteiger partial charge in [-0.2, -0.15) is 4.91 Å². The van der Waals surface area contributed by atoms with Crippen LogP contribution in [0.3, 0.4) is 0 Å². The van der Waals surface area contributed by atoms with Crippen molar-refractivity contribution in [2.24, 2.45) is 5.18 Å². The summed E-state index contributed by atoms with van der Waals surface area (Å²) < 4.78 is 0. The molecule has 0 fully saturated rings. The SMILES string of the molecule is CCC/C(C)=C\C=C/CN=O. The molecule has 0 aliphatic rings. The molecule has 2 heteroatoms. The number of nitrogens with zero attached hydrogens (tertiary/aromatic N) is 1. The summed E-state index contributed by atoms with van der Waals surface area (Å²) in [4.78, 5) is 9.65. The number of nitroso groups, excluding NO2 is 1. The minimum Gasteiger partial charge on any atom is -0.150 e. The van der Waals surface area contributed by atoms with Gasteiger partial charge < -0.3 is 0 Å². The van der Waals surface area contributed by atoms with Gasteiger partial charge in [0, 0.05) is 0 Å². The van der Waals surface area contributed by atoms with Crippen LogP contribution < -0.4 is 0 Å². The zero-order valence-electron chi connectivity index (χ0n) is 7.21. The molecule has 0 unspecified atom stereocenters. The molecule has 2 nitrogen and oxygen atoms in total. The predicted molar refractivity (Wildman–Crippen MR) is 48.5 cm³/mol. The molecule has 0 saturated carbocycles. The molecule has 0 rings (SSSR count). The topological polar surface area (TPSA) is 29.4 Å². The van der Waals surface area contributed by atoms with Gasteiger partial charge in [0.2, 0.25) is 0 Å². The van der Waals surface area contributed by atoms with E-state index in [-0.39, 0.29) is 6.54 Å². The Balaban J connectivity index is 3.61. The summed E-state index contributed by atoms with van der Waals surface area (Å²) in [5, 5.41) is 2.71. The van der Waals surface area contributed by atoms with Gasteiger partial charge in [-0.1, -0.05) is 42.3 Å². The van der Waals surface area contributed by atoms with Crippen LogP contribution in [0.4, 0.5) is 0 Å². The van der Waals surface area contributed by atoms with E-state index in [4.69, 9.17) is 0 Å². The van der Waals surface area contributed by atoms with Gasteiger partial charge in [-0.15, -0.1) is 0 Å². The van der Waals surface area contributed by atoms with E-state index in [1.54, 1.807) is 6.08 Å². The number of hydrogen-bond acceptors (Lipinski definition) is 2. The van der Waals surface area contributed by atoms with Crippen molar-refractivity contribution in [1.29, 1.82) is 0 Å². The second kappa shape index (κ2) is 7.19. The third kappa shape index (κ3) is 6.97. The van der Waals surface area contributed by atoms with Gasteiger partial charge in [-0.25, -0.2) is 0 Å². The largest absolute Gasteiger partial charge is 0.150 e. The molecule has 0 bridgehead atoms. The van der Waals surface area contributed by atoms with Gasteiger partial charge >= 0.3 is 0 Å². The molecule has 0 heterocycles. The average molecular weight is 153 g/mol. The first-order chi connectivity index (χ1) is 5.31. The van der Waals surface area contributed by atoms with Gasteiger partial charge in [0.25, 0.3) is 0 Å². The van der Waals surface area contributed by atoms with Crippen LogP contribution in [0, 0.1) is 4.91 Å². The molecule has 0 radical (unpaired) electrons. The molecule has 0 aromatic rings. The zero-order chi connectivity index (χ0) is 8.53. The molecule has 0 amide bonds. The van der Waals surface area contributed by atoms with Gasteiger partial charge in [0.15, 0.2) is 0 Å². The Bertz CT molecular complexity index is 159. The maximum absolute atomic E-state index is 9.65. The Labute approximate surface area is 68.0 Å². The van der Waals surface area contributed by atoms with E-state index in [0.717, 1.165) is 6.42 Å². The summed E-state index contributed by atoms with van der Waals surface area (Å²) in [7, 11) is 0. The van der Waals surface area contributed by atoms with Crippen LogP contribution in [0.5, 0.6) is 0 Å². The first-order valence-corrected chi connectivity index (χ1v) is 3.92. The fourth-order valence-electron chi connectivity index (χ4n) is 0.814. The second-order valence-electron chi connectivity index (χ2n) is 2.50. The van der Waals surface area contributed by atoms with Crippen molar-refractivity contribution in [3.63, 3.8) is 0 Å². The predicted octanol–water partition coefficient (Wildman–Crippen LogP) is 3.06. The Morgan fingerprint density at radius 3 is 2.82 bits per heavy atom. The summed E-state index contributed by atoms with van der Waals surface area (Å²) in [6.45, 7) is 4.51. The van der Waals surface area contributed by atoms with Crippen molar-refractivity contribution in [2.45, 2.75) is 26.7 Å². The van der Waals surface area contributed by atoms with Gasteiger partial charge in [0.1, 0.15) is 0 Å². The molecule has 0 aliphatic heterocycles. The van der Waals surface area contributed by atoms with E-state index in [1.165, 1.54) is 12.0 Å². The van der Waals surface area contributed by atoms with E-state index in [9.17, 15) is 4.91 Å². The molecule has 0 N–H and O–H groups in total. The Hall–Kier alpha value is -0.920. The highest BCUT2D eigenvalue weighted by Gasteiger charge is 1.82. The molecule has 11 heavy (non-hydrogen) atoms. The molecular weight excluding hydrogens is 138 g/mol. The van der Waals surface area contributed by atoms with E-state index in [0.29, 0.717) is 0 Å². The normalized spacial score (nSPS) is 12.4. The number of allylic oxidation sites excluding steroid dienone is 3. The Kier molecular flexibility index (Phi) is 6.59. The van der Waals surface area contributed by atoms with Crippen molar-refractivity contribution in [3.05, 3.63) is 28.7 Å². The molecule has 0 spiro atoms. The summed E-state index contributed by atoms with van der Waals surface area (Å²) in [6.07, 6.45) is 7.95. The third-order valence-electron chi connectivity index (χ3n) is 1.34. The summed E-state index contributed by atoms with van der Waals surface area (Å²) >= 11 is 0. The first-order valence-electron chi connectivity index (χ1n) is 3.92. The maximum Gasteiger partial charge on any atom is 0.0995 e. The van der Waals surface area contributed by atoms with Crippen LogP contribution in [0.15, 0.2) is 29.0 Å². The lowest BCUT2D eigenvalue weighted by atomic mass is 10.1. The van der Waals surface area contributed by atoms with Crippen LogP contribution in [-0.4, -0.2) is 6.54 Å². The van der Waals surface area contributed by atoms with Crippen LogP contribution in [0.25, 0.3) is 0 Å². The van der Waals surface area contributed by atoms with E-state index in [2.05, 4.69) is 19.0 Å². The highest BCUT2D eigenvalue weighted by atomic mass is 16.3. The first kappa shape index (κ1) is 10.1. The lowest BCUT2D eigenvalue weighted by molar-refractivity contribution is 0.905. The lowest BCUT2D eigenvalue weighted by Gasteiger charge is -1.92. The standard InChI is InChI=1S/C9H15NO/c1-3-6-9(2)7-4-5-8-10-11/h4-5,7H,3,6,8H2,1-2H3/b5-4-,9-7-. The summed E-state index contributed by atoms with van der Waals surface area (Å²) in [5.74, 6) is 0. The van der Waals surface area contributed by atoms with Crippen molar-refractivity contribution < 1.29 is 0 Å². The minimum absolute atomic E-state index is 0.274. The molecule has 0 aromatic heterocycles. The van der Waals surface area contributed by atoms with Crippen LogP contribution in [-0.2, 0) is 0 Å². The van der Waals surface area contributed by atoms with Gasteiger partial charge in [0.05, 0.1) is 6.54 Å². The van der Waals surface area contributed by atoms with Crippen molar-refractivity contribution in [3.8, 4) is 0 Å². The number of rotatable bonds is 5. The highest BCUT2D eigenvalue weighted by molar-refractivity contribution is 5.10. The molecular formula is C9H15NO. The Morgan fingerprint density at radius 1 is 1.55 bits per heavy atom. The molecule has 0 saturated heterocycles. The van der Waals surface area contributed by atoms with Crippen molar-refractivity contribution >= 4 is 0 Å². The maximum atomic E-state index is 9.65. The van der Waals surface area contributed by atoms with E-state index < -0.39 is 0 Å². The minimum atomic E-state index is 0.274. The zero-order valence-corrected chi connectivity index (χ0v) is 7.21. The molecule has 0 aliphatic carbocycles. The molecule has 0 atom stereocenters. The highest BCUT2D eigenvalue weighted by Crippen LogP contribution is 2.02. The monoisotopic (exact) mass is 153 g/mol. The fourth-order valence-corrected chi connectivity index (χ4v) is 0.814. The fraction of sp³-hybridized carbons (Fsp3) is 0.556. The molecule has 62 valence electrons. The summed E-state index contributed by atoms with van der Waals surface area (Å²) in [6, 6.07) is 0. The lowest BCUT2D eigenvalue weighted by Crippen LogP contribution is -1.73. The van der Waals surface area contributed by atoms with Crippen molar-refractivity contribution in [1.82, 2.24) is 0 Å². The van der Waals surface area contributed by atoms with Crippen LogP contribution in [0.1, 0.15) is 26.7 Å². The summed E-state index contributed by atoms with van der Waals surface area (Å²) in [5.41, 5.74) is 1.34. The Morgan fingerprint density at radius 2 is 2.27 bits per heavy atom. The number of hydrogen-bond donors (Lipinski definition) is 0.